The zero-order chi connectivity index (χ0) is 12.6. The van der Waals surface area contributed by atoms with Crippen molar-refractivity contribution in [3.8, 4) is 0 Å². The third-order valence-corrected chi connectivity index (χ3v) is 1.63. The number of nitrogens with zero attached hydrogens (tertiary/aromatic N) is 1. The molecule has 0 spiro atoms. The molecule has 0 unspecified atom stereocenters. The molecule has 0 radical (unpaired) electrons. The Labute approximate surface area is 93.1 Å². The molecule has 2 N–H and O–H groups in total. The molecule has 0 amide bonds. The number of non-ortho nitro benzene ring substituents is 1. The van der Waals surface area contributed by atoms with E-state index in [2.05, 4.69) is 0 Å². The first-order chi connectivity index (χ1) is 7.65. The van der Waals surface area contributed by atoms with Gasteiger partial charge in [-0.05, 0) is 19.1 Å². The smallest absolute Gasteiger partial charge is 0.269 e. The number of hydrogen-bond donors (Lipinski definition) is 2. The molecule has 6 heteroatoms. The molecule has 1 aromatic rings. The van der Waals surface area contributed by atoms with Crippen molar-refractivity contribution < 1.29 is 14.8 Å². The average Bonchev–Trinajstić information content (AvgIpc) is 2.32. The molecule has 0 saturated carbocycles. The minimum atomic E-state index is -0.478. The van der Waals surface area contributed by atoms with E-state index in [1.54, 1.807) is 6.92 Å². The quantitative estimate of drug-likeness (QED) is 0.354. The van der Waals surface area contributed by atoms with Gasteiger partial charge in [0.2, 0.25) is 5.90 Å². The molecule has 0 aliphatic heterocycles. The summed E-state index contributed by atoms with van der Waals surface area (Å²) >= 11 is 0. The fourth-order valence-electron chi connectivity index (χ4n) is 0.962. The molecule has 0 aromatic heterocycles. The summed E-state index contributed by atoms with van der Waals surface area (Å²) in [6, 6.07) is 5.69. The Bertz CT molecular complexity index is 348. The molecule has 6 nitrogen and oxygen atoms in total. The number of nitro benzene ring substituents is 1. The van der Waals surface area contributed by atoms with Crippen LogP contribution in [0.4, 0.5) is 5.69 Å². The molecule has 0 atom stereocenters. The number of rotatable bonds is 3. The molecule has 88 valence electrons. The van der Waals surface area contributed by atoms with Crippen molar-refractivity contribution in [1.82, 2.24) is 0 Å². The van der Waals surface area contributed by atoms with Gasteiger partial charge in [-0.25, -0.2) is 0 Å². The summed E-state index contributed by atoms with van der Waals surface area (Å²) < 4.78 is 4.94. The van der Waals surface area contributed by atoms with Gasteiger partial charge in [0.1, 0.15) is 0 Å². The minimum Gasteiger partial charge on any atom is -0.478 e. The highest BCUT2D eigenvalue weighted by atomic mass is 16.6. The molecule has 1 rings (SSSR count). The third kappa shape index (κ3) is 4.05. The van der Waals surface area contributed by atoms with Crippen LogP contribution in [0, 0.1) is 15.5 Å². The van der Waals surface area contributed by atoms with Crippen molar-refractivity contribution in [2.24, 2.45) is 0 Å². The lowest BCUT2D eigenvalue weighted by Gasteiger charge is -2.03. The van der Waals surface area contributed by atoms with Crippen molar-refractivity contribution in [3.05, 3.63) is 39.9 Å². The van der Waals surface area contributed by atoms with Gasteiger partial charge in [-0.1, -0.05) is 0 Å². The Balaban J connectivity index is 0.00000106. The summed E-state index contributed by atoms with van der Waals surface area (Å²) in [7, 11) is 1.00. The molecule has 0 fully saturated rings. The van der Waals surface area contributed by atoms with Gasteiger partial charge in [-0.2, -0.15) is 0 Å². The normalized spacial score (nSPS) is 8.69. The molecular formula is C10H14N2O4. The van der Waals surface area contributed by atoms with Crippen LogP contribution in [-0.4, -0.2) is 29.6 Å². The zero-order valence-electron chi connectivity index (χ0n) is 9.14. The number of aliphatic hydroxyl groups excluding tert-OH is 1. The van der Waals surface area contributed by atoms with Gasteiger partial charge in [0.05, 0.1) is 11.5 Å². The number of nitrogens with one attached hydrogen (secondary N) is 1. The van der Waals surface area contributed by atoms with Crippen LogP contribution in [0.15, 0.2) is 24.3 Å². The summed E-state index contributed by atoms with van der Waals surface area (Å²) in [5.41, 5.74) is 0.551. The van der Waals surface area contributed by atoms with E-state index in [0.717, 1.165) is 7.11 Å². The number of aliphatic hydroxyl groups is 1. The second-order valence-corrected chi connectivity index (χ2v) is 2.57. The van der Waals surface area contributed by atoms with Crippen LogP contribution < -0.4 is 0 Å². The van der Waals surface area contributed by atoms with E-state index in [0.29, 0.717) is 12.2 Å². The molecule has 0 saturated heterocycles. The predicted octanol–water partition coefficient (Wildman–Crippen LogP) is 1.57. The van der Waals surface area contributed by atoms with E-state index in [9.17, 15) is 10.1 Å². The largest absolute Gasteiger partial charge is 0.478 e. The van der Waals surface area contributed by atoms with E-state index in [-0.39, 0.29) is 11.6 Å². The van der Waals surface area contributed by atoms with Crippen LogP contribution in [0.1, 0.15) is 12.5 Å². The maximum atomic E-state index is 10.3. The first-order valence-corrected chi connectivity index (χ1v) is 4.56. The Kier molecular flexibility index (Phi) is 6.46. The van der Waals surface area contributed by atoms with Gasteiger partial charge >= 0.3 is 0 Å². The summed E-state index contributed by atoms with van der Waals surface area (Å²) in [4.78, 5) is 9.85. The second kappa shape index (κ2) is 7.36. The van der Waals surface area contributed by atoms with E-state index in [1.165, 1.54) is 24.3 Å². The Morgan fingerprint density at radius 2 is 1.94 bits per heavy atom. The van der Waals surface area contributed by atoms with Crippen LogP contribution >= 0.6 is 0 Å². The van der Waals surface area contributed by atoms with Gasteiger partial charge in [0.25, 0.3) is 5.69 Å². The van der Waals surface area contributed by atoms with Gasteiger partial charge < -0.3 is 9.84 Å². The average molecular weight is 226 g/mol. The van der Waals surface area contributed by atoms with Gasteiger partial charge in [-0.3, -0.25) is 15.5 Å². The van der Waals surface area contributed by atoms with Crippen LogP contribution in [0.3, 0.4) is 0 Å². The number of nitro groups is 1. The van der Waals surface area contributed by atoms with Gasteiger partial charge in [0.15, 0.2) is 0 Å². The Morgan fingerprint density at radius 3 is 2.31 bits per heavy atom. The van der Waals surface area contributed by atoms with E-state index in [4.69, 9.17) is 15.3 Å². The van der Waals surface area contributed by atoms with Crippen molar-refractivity contribution in [2.45, 2.75) is 6.92 Å². The summed E-state index contributed by atoms with van der Waals surface area (Å²) in [5.74, 6) is 0.0300. The van der Waals surface area contributed by atoms with Crippen LogP contribution in [0.25, 0.3) is 0 Å². The third-order valence-electron chi connectivity index (χ3n) is 1.63. The minimum absolute atomic E-state index is 0.0121. The molecule has 0 aliphatic carbocycles. The predicted molar refractivity (Wildman–Crippen MR) is 59.7 cm³/mol. The van der Waals surface area contributed by atoms with Gasteiger partial charge in [-0.15, -0.1) is 0 Å². The van der Waals surface area contributed by atoms with E-state index < -0.39 is 4.92 Å². The van der Waals surface area contributed by atoms with Crippen molar-refractivity contribution in [3.63, 3.8) is 0 Å². The van der Waals surface area contributed by atoms with E-state index in [1.807, 2.05) is 0 Å². The van der Waals surface area contributed by atoms with Crippen molar-refractivity contribution in [2.75, 3.05) is 13.7 Å². The molecule has 16 heavy (non-hydrogen) atoms. The molecule has 0 heterocycles. The number of hydrogen-bond acceptors (Lipinski definition) is 5. The maximum Gasteiger partial charge on any atom is 0.269 e. The molecule has 0 aliphatic rings. The second-order valence-electron chi connectivity index (χ2n) is 2.57. The lowest BCUT2D eigenvalue weighted by Crippen LogP contribution is -2.04. The van der Waals surface area contributed by atoms with Gasteiger partial charge in [0, 0.05) is 24.8 Å². The Hall–Kier alpha value is -1.95. The standard InChI is InChI=1S/C9H10N2O3.CH4O/c1-2-14-9(10)7-3-5-8(6-4-7)11(12)13;1-2/h3-6,10H,2H2,1H3;2H,1H3. The summed E-state index contributed by atoms with van der Waals surface area (Å²) in [6.07, 6.45) is 0. The Morgan fingerprint density at radius 1 is 1.44 bits per heavy atom. The van der Waals surface area contributed by atoms with Crippen LogP contribution in [-0.2, 0) is 4.74 Å². The first kappa shape index (κ1) is 14.1. The SMILES string of the molecule is CCOC(=N)c1ccc([N+](=O)[O-])cc1.CO. The summed E-state index contributed by atoms with van der Waals surface area (Å²) in [6.45, 7) is 2.19. The fraction of sp³-hybridized carbons (Fsp3) is 0.300. The number of ether oxygens (including phenoxy) is 1. The zero-order valence-corrected chi connectivity index (χ0v) is 9.14. The van der Waals surface area contributed by atoms with Crippen LogP contribution in [0.2, 0.25) is 0 Å². The van der Waals surface area contributed by atoms with E-state index >= 15 is 0 Å². The lowest BCUT2D eigenvalue weighted by molar-refractivity contribution is -0.384. The summed E-state index contributed by atoms with van der Waals surface area (Å²) in [5, 5.41) is 24.7. The highest BCUT2D eigenvalue weighted by molar-refractivity contribution is 5.91. The lowest BCUT2D eigenvalue weighted by atomic mass is 10.2. The number of benzene rings is 1. The highest BCUT2D eigenvalue weighted by Crippen LogP contribution is 2.12. The molecule has 1 aromatic carbocycles. The molecular weight excluding hydrogens is 212 g/mol. The first-order valence-electron chi connectivity index (χ1n) is 4.56. The fourth-order valence-corrected chi connectivity index (χ4v) is 0.962. The van der Waals surface area contributed by atoms with Crippen molar-refractivity contribution in [1.29, 1.82) is 5.41 Å². The molecule has 0 bridgehead atoms. The van der Waals surface area contributed by atoms with Crippen molar-refractivity contribution >= 4 is 11.6 Å². The van der Waals surface area contributed by atoms with Crippen LogP contribution in [0.5, 0.6) is 0 Å². The monoisotopic (exact) mass is 226 g/mol. The topological polar surface area (TPSA) is 96.5 Å². The maximum absolute atomic E-state index is 10.3. The highest BCUT2D eigenvalue weighted by Gasteiger charge is 2.06.